The van der Waals surface area contributed by atoms with Gasteiger partial charge in [0, 0.05) is 12.7 Å². The van der Waals surface area contributed by atoms with Crippen LogP contribution in [0.15, 0.2) is 10.7 Å². The summed E-state index contributed by atoms with van der Waals surface area (Å²) in [4.78, 5) is 7.90. The quantitative estimate of drug-likeness (QED) is 0.722. The van der Waals surface area contributed by atoms with E-state index in [-0.39, 0.29) is 12.4 Å². The van der Waals surface area contributed by atoms with Crippen molar-refractivity contribution in [3.63, 3.8) is 0 Å². The van der Waals surface area contributed by atoms with Crippen molar-refractivity contribution < 1.29 is 22.3 Å². The molecule has 9 heteroatoms. The van der Waals surface area contributed by atoms with E-state index in [2.05, 4.69) is 36.0 Å². The van der Waals surface area contributed by atoms with Crippen LogP contribution in [0.2, 0.25) is 0 Å². The third-order valence-electron chi connectivity index (χ3n) is 2.18. The van der Waals surface area contributed by atoms with Crippen LogP contribution in [0.3, 0.4) is 0 Å². The lowest BCUT2D eigenvalue weighted by Gasteiger charge is -2.15. The summed E-state index contributed by atoms with van der Waals surface area (Å²) in [6, 6.07) is 0. The van der Waals surface area contributed by atoms with E-state index in [0.29, 0.717) is 16.8 Å². The van der Waals surface area contributed by atoms with Gasteiger partial charge in [0.15, 0.2) is 5.82 Å². The molecule has 0 saturated carbocycles. The van der Waals surface area contributed by atoms with Crippen molar-refractivity contribution in [2.75, 3.05) is 18.5 Å². The van der Waals surface area contributed by atoms with Gasteiger partial charge in [0.1, 0.15) is 19.0 Å². The van der Waals surface area contributed by atoms with E-state index in [1.807, 2.05) is 6.92 Å². The number of nitrogens with zero attached hydrogens (tertiary/aromatic N) is 2. The number of nitrogens with one attached hydrogen (secondary N) is 1. The Morgan fingerprint density at radius 2 is 2.15 bits per heavy atom. The maximum Gasteiger partial charge on any atom is 0.330 e. The first-order chi connectivity index (χ1) is 9.36. The molecule has 0 radical (unpaired) electrons. The van der Waals surface area contributed by atoms with Crippen molar-refractivity contribution in [3.8, 4) is 0 Å². The predicted molar refractivity (Wildman–Crippen MR) is 69.1 cm³/mol. The molecule has 114 valence electrons. The van der Waals surface area contributed by atoms with Gasteiger partial charge in [-0.1, -0.05) is 6.92 Å². The lowest BCUT2D eigenvalue weighted by Crippen LogP contribution is -2.32. The van der Waals surface area contributed by atoms with E-state index >= 15 is 0 Å². The van der Waals surface area contributed by atoms with Gasteiger partial charge in [0.25, 0.3) is 0 Å². The molecule has 1 aromatic heterocycles. The number of hydrogen-bond acceptors (Lipinski definition) is 4. The molecule has 0 fully saturated rings. The normalized spacial score (nSPS) is 11.9. The van der Waals surface area contributed by atoms with Crippen molar-refractivity contribution in [3.05, 3.63) is 16.5 Å². The third kappa shape index (κ3) is 5.20. The smallest absolute Gasteiger partial charge is 0.330 e. The van der Waals surface area contributed by atoms with Gasteiger partial charge in [-0.05, 0) is 22.4 Å². The van der Waals surface area contributed by atoms with E-state index in [0.717, 1.165) is 6.42 Å². The number of halogens is 5. The van der Waals surface area contributed by atoms with E-state index < -0.39 is 19.0 Å². The Hall–Kier alpha value is -0.960. The van der Waals surface area contributed by atoms with E-state index in [1.165, 1.54) is 6.20 Å². The number of aromatic nitrogens is 2. The van der Waals surface area contributed by atoms with Crippen LogP contribution in [0.1, 0.15) is 19.2 Å². The Morgan fingerprint density at radius 1 is 1.45 bits per heavy atom. The van der Waals surface area contributed by atoms with Gasteiger partial charge in [-0.2, -0.15) is 8.78 Å². The number of anilines is 1. The first kappa shape index (κ1) is 17.1. The predicted octanol–water partition coefficient (Wildman–Crippen LogP) is 3.48. The number of rotatable bonds is 8. The minimum Gasteiger partial charge on any atom is -0.369 e. The molecule has 0 saturated heterocycles. The molecule has 0 unspecified atom stereocenters. The average molecular weight is 360 g/mol. The summed E-state index contributed by atoms with van der Waals surface area (Å²) in [5.41, 5.74) is 0. The van der Waals surface area contributed by atoms with E-state index in [1.54, 1.807) is 0 Å². The van der Waals surface area contributed by atoms with Crippen LogP contribution in [0, 0.1) is 0 Å². The summed E-state index contributed by atoms with van der Waals surface area (Å²) in [6.07, 6.45) is -1.44. The number of alkyl halides is 4. The summed E-state index contributed by atoms with van der Waals surface area (Å²) in [5, 5.41) is 3.01. The van der Waals surface area contributed by atoms with Gasteiger partial charge in [-0.15, -0.1) is 0 Å². The molecule has 1 heterocycles. The molecule has 4 nitrogen and oxygen atoms in total. The first-order valence-electron chi connectivity index (χ1n) is 5.85. The second-order valence-corrected chi connectivity index (χ2v) is 4.82. The molecule has 0 aliphatic rings. The van der Waals surface area contributed by atoms with E-state index in [4.69, 9.17) is 0 Å². The van der Waals surface area contributed by atoms with Crippen molar-refractivity contribution >= 4 is 21.7 Å². The lowest BCUT2D eigenvalue weighted by atomic mass is 10.4. The molecule has 0 aromatic carbocycles. The van der Waals surface area contributed by atoms with Crippen LogP contribution in [0.5, 0.6) is 0 Å². The Labute approximate surface area is 122 Å². The van der Waals surface area contributed by atoms with Gasteiger partial charge >= 0.3 is 12.3 Å². The van der Waals surface area contributed by atoms with Crippen molar-refractivity contribution in [1.29, 1.82) is 0 Å². The molecule has 20 heavy (non-hydrogen) atoms. The molecule has 1 rings (SSSR count). The van der Waals surface area contributed by atoms with Gasteiger partial charge in [-0.25, -0.2) is 18.7 Å². The van der Waals surface area contributed by atoms with Gasteiger partial charge in [0.05, 0.1) is 4.47 Å². The zero-order chi connectivity index (χ0) is 15.2. The van der Waals surface area contributed by atoms with Crippen molar-refractivity contribution in [2.24, 2.45) is 0 Å². The fraction of sp³-hybridized carbons (Fsp3) is 0.636. The largest absolute Gasteiger partial charge is 0.369 e. The maximum absolute atomic E-state index is 12.6. The standard InChI is InChI=1S/C11H14BrF4N3O/c1-2-3-17-9-7(12)4-18-8(19-9)5-20-6-11(15,16)10(13)14/h4,10H,2-3,5-6H2,1H3,(H,17,18,19). The van der Waals surface area contributed by atoms with Crippen LogP contribution in [-0.2, 0) is 11.3 Å². The van der Waals surface area contributed by atoms with Crippen LogP contribution in [-0.4, -0.2) is 35.5 Å². The molecular formula is C11H14BrF4N3O. The highest BCUT2D eigenvalue weighted by Gasteiger charge is 2.40. The van der Waals surface area contributed by atoms with Crippen LogP contribution < -0.4 is 5.32 Å². The molecule has 0 atom stereocenters. The first-order valence-corrected chi connectivity index (χ1v) is 6.65. The van der Waals surface area contributed by atoms with Crippen molar-refractivity contribution in [2.45, 2.75) is 32.3 Å². The molecule has 1 aromatic rings. The number of hydrogen-bond donors (Lipinski definition) is 1. The highest BCUT2D eigenvalue weighted by molar-refractivity contribution is 9.10. The van der Waals surface area contributed by atoms with Crippen molar-refractivity contribution in [1.82, 2.24) is 9.97 Å². The summed E-state index contributed by atoms with van der Waals surface area (Å²) in [6.45, 7) is 0.913. The maximum atomic E-state index is 12.6. The minimum atomic E-state index is -4.17. The zero-order valence-corrected chi connectivity index (χ0v) is 12.3. The second kappa shape index (κ2) is 7.72. The van der Waals surface area contributed by atoms with Crippen LogP contribution in [0.4, 0.5) is 23.4 Å². The zero-order valence-electron chi connectivity index (χ0n) is 10.7. The monoisotopic (exact) mass is 359 g/mol. The lowest BCUT2D eigenvalue weighted by molar-refractivity contribution is -0.168. The third-order valence-corrected chi connectivity index (χ3v) is 2.76. The summed E-state index contributed by atoms with van der Waals surface area (Å²) >= 11 is 3.23. The Morgan fingerprint density at radius 3 is 2.75 bits per heavy atom. The van der Waals surface area contributed by atoms with Crippen LogP contribution in [0.25, 0.3) is 0 Å². The van der Waals surface area contributed by atoms with Gasteiger partial charge in [0.2, 0.25) is 0 Å². The highest BCUT2D eigenvalue weighted by Crippen LogP contribution is 2.23. The Bertz CT molecular complexity index is 434. The molecule has 0 spiro atoms. The van der Waals surface area contributed by atoms with Gasteiger partial charge in [-0.3, -0.25) is 0 Å². The number of ether oxygens (including phenoxy) is 1. The molecule has 0 aliphatic heterocycles. The highest BCUT2D eigenvalue weighted by atomic mass is 79.9. The van der Waals surface area contributed by atoms with E-state index in [9.17, 15) is 17.6 Å². The molecule has 0 amide bonds. The minimum absolute atomic E-state index is 0.136. The molecule has 0 aliphatic carbocycles. The summed E-state index contributed by atoms with van der Waals surface area (Å²) < 4.78 is 54.2. The fourth-order valence-electron chi connectivity index (χ4n) is 1.18. The fourth-order valence-corrected chi connectivity index (χ4v) is 1.51. The van der Waals surface area contributed by atoms with Crippen LogP contribution >= 0.6 is 15.9 Å². The molecular weight excluding hydrogens is 346 g/mol. The Kier molecular flexibility index (Phi) is 6.60. The molecule has 0 bridgehead atoms. The SMILES string of the molecule is CCCNc1nc(COCC(F)(F)C(F)F)ncc1Br. The average Bonchev–Trinajstić information content (AvgIpc) is 2.38. The summed E-state index contributed by atoms with van der Waals surface area (Å²) in [5.74, 6) is -3.53. The second-order valence-electron chi connectivity index (χ2n) is 3.96. The molecule has 1 N–H and O–H groups in total. The topological polar surface area (TPSA) is 47.0 Å². The van der Waals surface area contributed by atoms with Gasteiger partial charge < -0.3 is 10.1 Å². The summed E-state index contributed by atoms with van der Waals surface area (Å²) in [7, 11) is 0. The Balaban J connectivity index is 2.56.